The molecule has 1 atom stereocenters. The van der Waals surface area contributed by atoms with Crippen LogP contribution in [0.1, 0.15) is 54.7 Å². The fourth-order valence-electron chi connectivity index (χ4n) is 7.84. The van der Waals surface area contributed by atoms with Gasteiger partial charge >= 0.3 is 0 Å². The molecule has 9 rings (SSSR count). The third kappa shape index (κ3) is 4.06. The molecule has 222 valence electrons. The van der Waals surface area contributed by atoms with Crippen LogP contribution in [-0.2, 0) is 5.41 Å². The maximum Gasteiger partial charge on any atom is 0.0540 e. The SMILES string of the molecule is CC1CC=Cc2c1sc1c3c(ccc21)C(C)(C)c1cc(N(c2ccc(-c4ccccc4)cc2)c2cccc4ccccc24)ccc1-3. The molecule has 46 heavy (non-hydrogen) atoms. The minimum atomic E-state index is -0.109. The second-order valence-corrected chi connectivity index (χ2v) is 14.4. The largest absolute Gasteiger partial charge is 0.310 e. The number of hydrogen-bond acceptors (Lipinski definition) is 2. The zero-order chi connectivity index (χ0) is 31.0. The molecule has 0 spiro atoms. The minimum Gasteiger partial charge on any atom is -0.310 e. The van der Waals surface area contributed by atoms with E-state index in [2.05, 4.69) is 165 Å². The quantitative estimate of drug-likeness (QED) is 0.192. The van der Waals surface area contributed by atoms with Gasteiger partial charge in [-0.05, 0) is 81.4 Å². The molecule has 0 aliphatic heterocycles. The lowest BCUT2D eigenvalue weighted by atomic mass is 9.82. The fourth-order valence-corrected chi connectivity index (χ4v) is 9.25. The van der Waals surface area contributed by atoms with Crippen molar-refractivity contribution in [3.8, 4) is 22.3 Å². The van der Waals surface area contributed by atoms with Crippen molar-refractivity contribution in [3.05, 3.63) is 155 Å². The lowest BCUT2D eigenvalue weighted by Gasteiger charge is -2.29. The van der Waals surface area contributed by atoms with Gasteiger partial charge in [-0.3, -0.25) is 0 Å². The minimum absolute atomic E-state index is 0.109. The molecular formula is C44H35NS. The van der Waals surface area contributed by atoms with E-state index in [0.29, 0.717) is 5.92 Å². The summed E-state index contributed by atoms with van der Waals surface area (Å²) in [6, 6.07) is 47.0. The van der Waals surface area contributed by atoms with Crippen molar-refractivity contribution in [2.24, 2.45) is 0 Å². The van der Waals surface area contributed by atoms with Crippen molar-refractivity contribution in [1.29, 1.82) is 0 Å². The predicted octanol–water partition coefficient (Wildman–Crippen LogP) is 13.0. The van der Waals surface area contributed by atoms with Gasteiger partial charge in [0.2, 0.25) is 0 Å². The molecule has 0 bridgehead atoms. The van der Waals surface area contributed by atoms with Gasteiger partial charge in [-0.2, -0.15) is 0 Å². The van der Waals surface area contributed by atoms with E-state index in [1.165, 1.54) is 76.1 Å². The normalized spacial score (nSPS) is 15.9. The molecule has 1 aromatic heterocycles. The van der Waals surface area contributed by atoms with Crippen LogP contribution in [0.4, 0.5) is 17.1 Å². The highest BCUT2D eigenvalue weighted by atomic mass is 32.1. The number of benzene rings is 6. The molecule has 2 aliphatic carbocycles. The van der Waals surface area contributed by atoms with Crippen LogP contribution in [0, 0.1) is 0 Å². The molecule has 6 aromatic carbocycles. The number of allylic oxidation sites excluding steroid dienone is 1. The topological polar surface area (TPSA) is 3.24 Å². The van der Waals surface area contributed by atoms with Crippen molar-refractivity contribution in [1.82, 2.24) is 0 Å². The summed E-state index contributed by atoms with van der Waals surface area (Å²) >= 11 is 2.02. The van der Waals surface area contributed by atoms with Gasteiger partial charge in [0.15, 0.2) is 0 Å². The van der Waals surface area contributed by atoms with Crippen molar-refractivity contribution < 1.29 is 0 Å². The van der Waals surface area contributed by atoms with Crippen LogP contribution in [0.5, 0.6) is 0 Å². The smallest absolute Gasteiger partial charge is 0.0540 e. The van der Waals surface area contributed by atoms with Crippen LogP contribution in [0.15, 0.2) is 133 Å². The van der Waals surface area contributed by atoms with Crippen LogP contribution in [0.3, 0.4) is 0 Å². The molecule has 1 unspecified atom stereocenters. The highest BCUT2D eigenvalue weighted by molar-refractivity contribution is 7.20. The maximum atomic E-state index is 2.46. The van der Waals surface area contributed by atoms with E-state index >= 15 is 0 Å². The second-order valence-electron chi connectivity index (χ2n) is 13.4. The lowest BCUT2D eigenvalue weighted by Crippen LogP contribution is -2.16. The van der Waals surface area contributed by atoms with E-state index in [1.807, 2.05) is 11.3 Å². The van der Waals surface area contributed by atoms with E-state index in [1.54, 1.807) is 0 Å². The Labute approximate surface area is 275 Å². The molecule has 7 aromatic rings. The average molecular weight is 610 g/mol. The van der Waals surface area contributed by atoms with Crippen LogP contribution in [-0.4, -0.2) is 0 Å². The first-order valence-corrected chi connectivity index (χ1v) is 17.2. The Balaban J connectivity index is 1.24. The summed E-state index contributed by atoms with van der Waals surface area (Å²) in [5.74, 6) is 0.576. The number of rotatable bonds is 4. The van der Waals surface area contributed by atoms with E-state index in [-0.39, 0.29) is 5.41 Å². The molecular weight excluding hydrogens is 575 g/mol. The molecule has 0 N–H and O–H groups in total. The zero-order valence-corrected chi connectivity index (χ0v) is 27.2. The monoisotopic (exact) mass is 609 g/mol. The van der Waals surface area contributed by atoms with E-state index in [4.69, 9.17) is 0 Å². The number of nitrogens with zero attached hydrogens (tertiary/aromatic N) is 1. The number of anilines is 3. The van der Waals surface area contributed by atoms with Gasteiger partial charge in [-0.25, -0.2) is 0 Å². The molecule has 1 nitrogen and oxygen atoms in total. The average Bonchev–Trinajstić information content (AvgIpc) is 3.59. The molecule has 0 fully saturated rings. The maximum absolute atomic E-state index is 2.46. The summed E-state index contributed by atoms with van der Waals surface area (Å²) in [6.07, 6.45) is 5.84. The van der Waals surface area contributed by atoms with Gasteiger partial charge in [0.25, 0.3) is 0 Å². The highest BCUT2D eigenvalue weighted by Gasteiger charge is 2.38. The van der Waals surface area contributed by atoms with Crippen LogP contribution in [0.2, 0.25) is 0 Å². The van der Waals surface area contributed by atoms with Gasteiger partial charge in [0.1, 0.15) is 0 Å². The summed E-state index contributed by atoms with van der Waals surface area (Å²) in [5.41, 5.74) is 12.9. The molecule has 0 amide bonds. The van der Waals surface area contributed by atoms with Crippen molar-refractivity contribution in [3.63, 3.8) is 0 Å². The summed E-state index contributed by atoms with van der Waals surface area (Å²) in [6.45, 7) is 7.18. The molecule has 0 saturated heterocycles. The van der Waals surface area contributed by atoms with E-state index < -0.39 is 0 Å². The Morgan fingerprint density at radius 1 is 0.674 bits per heavy atom. The number of fused-ring (bicyclic) bond motifs is 8. The van der Waals surface area contributed by atoms with Gasteiger partial charge in [-0.15, -0.1) is 11.3 Å². The first-order chi connectivity index (χ1) is 22.5. The second kappa shape index (κ2) is 10.3. The van der Waals surface area contributed by atoms with Gasteiger partial charge in [0, 0.05) is 42.7 Å². The predicted molar refractivity (Wildman–Crippen MR) is 199 cm³/mol. The Morgan fingerprint density at radius 2 is 1.41 bits per heavy atom. The summed E-state index contributed by atoms with van der Waals surface area (Å²) < 4.78 is 1.45. The van der Waals surface area contributed by atoms with Gasteiger partial charge in [-0.1, -0.05) is 130 Å². The van der Waals surface area contributed by atoms with Gasteiger partial charge < -0.3 is 4.90 Å². The Hall–Kier alpha value is -4.92. The summed E-state index contributed by atoms with van der Waals surface area (Å²) in [5, 5.41) is 3.89. The first kappa shape index (κ1) is 27.4. The summed E-state index contributed by atoms with van der Waals surface area (Å²) in [4.78, 5) is 3.98. The van der Waals surface area contributed by atoms with E-state index in [9.17, 15) is 0 Å². The molecule has 2 heteroatoms. The van der Waals surface area contributed by atoms with Crippen LogP contribution >= 0.6 is 11.3 Å². The third-order valence-electron chi connectivity index (χ3n) is 10.3. The van der Waals surface area contributed by atoms with Crippen molar-refractivity contribution in [2.75, 3.05) is 4.90 Å². The number of hydrogen-bond donors (Lipinski definition) is 0. The number of thiophene rings is 1. The first-order valence-electron chi connectivity index (χ1n) is 16.3. The summed E-state index contributed by atoms with van der Waals surface area (Å²) in [7, 11) is 0. The zero-order valence-electron chi connectivity index (χ0n) is 26.4. The van der Waals surface area contributed by atoms with Crippen LogP contribution < -0.4 is 4.90 Å². The van der Waals surface area contributed by atoms with Crippen LogP contribution in [0.25, 0.3) is 49.2 Å². The lowest BCUT2D eigenvalue weighted by molar-refractivity contribution is 0.661. The standard InChI is InChI=1S/C44H35NS/c1-28-11-9-17-35-36-25-26-38-41(43(36)46-42(28)35)37-24-23-33(27-39(37)44(38,2)3)45(40-18-10-15-31-14-7-8-16-34(31)40)32-21-19-30(20-22-32)29-12-5-4-6-13-29/h4-10,12-28H,11H2,1-3H3. The molecule has 0 saturated carbocycles. The van der Waals surface area contributed by atoms with Crippen molar-refractivity contribution >= 4 is 55.3 Å². The van der Waals surface area contributed by atoms with Crippen molar-refractivity contribution in [2.45, 2.75) is 38.5 Å². The molecule has 2 aliphatic rings. The van der Waals surface area contributed by atoms with Gasteiger partial charge in [0.05, 0.1) is 5.69 Å². The Morgan fingerprint density at radius 3 is 2.26 bits per heavy atom. The van der Waals surface area contributed by atoms with E-state index in [0.717, 1.165) is 12.1 Å². The fraction of sp³-hybridized carbons (Fsp3) is 0.136. The Bertz CT molecular complexity index is 2320. The third-order valence-corrected chi connectivity index (χ3v) is 11.7. The molecule has 1 heterocycles. The molecule has 0 radical (unpaired) electrons. The highest BCUT2D eigenvalue weighted by Crippen LogP contribution is 2.56. The Kier molecular flexibility index (Phi) is 6.14.